The Morgan fingerprint density at radius 3 is 1.52 bits per heavy atom. The molecule has 27 heavy (non-hydrogen) atoms. The first-order valence-corrected chi connectivity index (χ1v) is 10.6. The van der Waals surface area contributed by atoms with Gasteiger partial charge in [0.05, 0.1) is 11.4 Å². The maximum Gasteiger partial charge on any atom is 0.208 e. The normalized spacial score (nSPS) is 11.0. The largest absolute Gasteiger partial charge is 0.220 e. The second-order valence-corrected chi connectivity index (χ2v) is 7.79. The van der Waals surface area contributed by atoms with Crippen molar-refractivity contribution in [3.8, 4) is 11.4 Å². The average Bonchev–Trinajstić information content (AvgIpc) is 3.39. The highest BCUT2D eigenvalue weighted by atomic mass is 32.2. The van der Waals surface area contributed by atoms with Crippen LogP contribution in [0, 0.1) is 0 Å². The molecule has 6 nitrogen and oxygen atoms in total. The van der Waals surface area contributed by atoms with Crippen molar-refractivity contribution in [2.45, 2.75) is 16.7 Å². The summed E-state index contributed by atoms with van der Waals surface area (Å²) in [5.41, 5.74) is 2.04. The molecular weight excluding hydrogens is 376 g/mol. The Morgan fingerprint density at radius 1 is 0.630 bits per heavy atom. The van der Waals surface area contributed by atoms with Crippen molar-refractivity contribution in [1.29, 1.82) is 0 Å². The van der Waals surface area contributed by atoms with E-state index in [1.165, 1.54) is 0 Å². The fraction of sp³-hybridized carbons (Fsp3) is 0.158. The molecule has 0 amide bonds. The predicted molar refractivity (Wildman–Crippen MR) is 109 cm³/mol. The molecular formula is C19H18N6S2. The van der Waals surface area contributed by atoms with Gasteiger partial charge in [-0.3, -0.25) is 0 Å². The van der Waals surface area contributed by atoms with E-state index in [0.717, 1.165) is 39.6 Å². The summed E-state index contributed by atoms with van der Waals surface area (Å²) in [7, 11) is 0. The predicted octanol–water partition coefficient (Wildman–Crippen LogP) is 4.12. The number of aromatic nitrogens is 6. The second-order valence-electron chi connectivity index (χ2n) is 5.67. The van der Waals surface area contributed by atoms with Crippen LogP contribution in [0.1, 0.15) is 6.42 Å². The molecule has 2 heterocycles. The number of thioether (sulfide) groups is 2. The summed E-state index contributed by atoms with van der Waals surface area (Å²) in [4.78, 5) is 8.73. The minimum absolute atomic E-state index is 0.801. The number of para-hydroxylation sites is 2. The van der Waals surface area contributed by atoms with Crippen LogP contribution in [0.3, 0.4) is 0 Å². The van der Waals surface area contributed by atoms with Gasteiger partial charge in [-0.2, -0.15) is 0 Å². The number of benzene rings is 2. The van der Waals surface area contributed by atoms with Crippen LogP contribution in [0.15, 0.2) is 83.6 Å². The third kappa shape index (κ3) is 4.78. The van der Waals surface area contributed by atoms with Gasteiger partial charge < -0.3 is 0 Å². The Kier molecular flexibility index (Phi) is 5.86. The zero-order valence-corrected chi connectivity index (χ0v) is 16.2. The lowest BCUT2D eigenvalue weighted by Crippen LogP contribution is -1.94. The molecule has 0 aliphatic rings. The first-order chi connectivity index (χ1) is 13.4. The summed E-state index contributed by atoms with van der Waals surface area (Å²) in [5, 5.41) is 10.6. The molecule has 0 bridgehead atoms. The van der Waals surface area contributed by atoms with E-state index in [0.29, 0.717) is 0 Å². The molecule has 136 valence electrons. The van der Waals surface area contributed by atoms with E-state index in [9.17, 15) is 0 Å². The molecule has 0 fully saturated rings. The van der Waals surface area contributed by atoms with Crippen molar-refractivity contribution in [2.75, 3.05) is 11.5 Å². The van der Waals surface area contributed by atoms with E-state index in [1.807, 2.05) is 60.7 Å². The zero-order chi connectivity index (χ0) is 18.3. The van der Waals surface area contributed by atoms with Gasteiger partial charge in [-0.15, -0.1) is 10.2 Å². The Labute approximate surface area is 166 Å². The summed E-state index contributed by atoms with van der Waals surface area (Å²) >= 11 is 3.34. The number of nitrogens with zero attached hydrogens (tertiary/aromatic N) is 6. The molecule has 0 saturated carbocycles. The van der Waals surface area contributed by atoms with Gasteiger partial charge in [0.2, 0.25) is 10.3 Å². The van der Waals surface area contributed by atoms with Gasteiger partial charge >= 0.3 is 0 Å². The molecule has 0 unspecified atom stereocenters. The highest BCUT2D eigenvalue weighted by Crippen LogP contribution is 2.19. The van der Waals surface area contributed by atoms with Crippen LogP contribution < -0.4 is 0 Å². The molecule has 8 heteroatoms. The number of hydrogen-bond donors (Lipinski definition) is 0. The Bertz CT molecular complexity index is 888. The summed E-state index contributed by atoms with van der Waals surface area (Å²) in [6.07, 6.45) is 4.55. The van der Waals surface area contributed by atoms with Gasteiger partial charge in [0, 0.05) is 11.5 Å². The van der Waals surface area contributed by atoms with Crippen LogP contribution in [-0.2, 0) is 0 Å². The van der Waals surface area contributed by atoms with E-state index in [1.54, 1.807) is 45.5 Å². The van der Waals surface area contributed by atoms with Crippen molar-refractivity contribution in [3.63, 3.8) is 0 Å². The maximum absolute atomic E-state index is 4.51. The van der Waals surface area contributed by atoms with Crippen LogP contribution >= 0.6 is 23.5 Å². The molecule has 2 aromatic carbocycles. The van der Waals surface area contributed by atoms with E-state index in [2.05, 4.69) is 20.2 Å². The van der Waals surface area contributed by atoms with Crippen LogP contribution in [0.25, 0.3) is 11.4 Å². The molecule has 0 aliphatic heterocycles. The number of hydrogen-bond acceptors (Lipinski definition) is 6. The Morgan fingerprint density at radius 2 is 1.07 bits per heavy atom. The van der Waals surface area contributed by atoms with E-state index in [4.69, 9.17) is 0 Å². The molecule has 4 aromatic rings. The highest BCUT2D eigenvalue weighted by molar-refractivity contribution is 8.00. The lowest BCUT2D eigenvalue weighted by molar-refractivity contribution is 0.833. The molecule has 0 aliphatic carbocycles. The summed E-state index contributed by atoms with van der Waals surface area (Å²) in [6.45, 7) is 0. The summed E-state index contributed by atoms with van der Waals surface area (Å²) in [5.74, 6) is 1.93. The van der Waals surface area contributed by atoms with Crippen LogP contribution in [0.4, 0.5) is 0 Å². The molecule has 2 aromatic heterocycles. The van der Waals surface area contributed by atoms with Crippen LogP contribution in [0.2, 0.25) is 0 Å². The fourth-order valence-corrected chi connectivity index (χ4v) is 4.08. The van der Waals surface area contributed by atoms with Crippen molar-refractivity contribution < 1.29 is 0 Å². The first kappa shape index (κ1) is 17.8. The minimum atomic E-state index is 0.801. The topological polar surface area (TPSA) is 61.4 Å². The quantitative estimate of drug-likeness (QED) is 0.331. The van der Waals surface area contributed by atoms with Crippen LogP contribution in [0.5, 0.6) is 0 Å². The molecule has 4 rings (SSSR count). The fourth-order valence-electron chi connectivity index (χ4n) is 2.42. The molecule has 0 spiro atoms. The minimum Gasteiger partial charge on any atom is -0.220 e. The Balaban J connectivity index is 1.21. The molecule has 0 N–H and O–H groups in total. The summed E-state index contributed by atoms with van der Waals surface area (Å²) < 4.78 is 3.61. The molecule has 0 radical (unpaired) electrons. The maximum atomic E-state index is 4.51. The second kappa shape index (κ2) is 8.88. The Hall–Kier alpha value is -2.58. The molecule has 0 saturated heterocycles. The highest BCUT2D eigenvalue weighted by Gasteiger charge is 2.05. The van der Waals surface area contributed by atoms with Crippen molar-refractivity contribution >= 4 is 23.5 Å². The van der Waals surface area contributed by atoms with Gasteiger partial charge in [-0.25, -0.2) is 19.3 Å². The standard InChI is InChI=1S/C19H18N6S2/c1-3-8-16(9-4-1)24-14-20-18(22-24)26-12-7-13-27-19-21-15-25(23-19)17-10-5-2-6-11-17/h1-6,8-11,14-15H,7,12-13H2. The average molecular weight is 395 g/mol. The lowest BCUT2D eigenvalue weighted by atomic mass is 10.3. The SMILES string of the molecule is c1ccc(-n2cnc(SCCCSc3ncn(-c4ccccc4)n3)n2)cc1. The monoisotopic (exact) mass is 394 g/mol. The van der Waals surface area contributed by atoms with E-state index in [-0.39, 0.29) is 0 Å². The lowest BCUT2D eigenvalue weighted by Gasteiger charge is -1.99. The van der Waals surface area contributed by atoms with Gasteiger partial charge in [0.25, 0.3) is 0 Å². The van der Waals surface area contributed by atoms with Crippen molar-refractivity contribution in [1.82, 2.24) is 29.5 Å². The van der Waals surface area contributed by atoms with E-state index >= 15 is 0 Å². The zero-order valence-electron chi connectivity index (χ0n) is 14.5. The third-order valence-corrected chi connectivity index (χ3v) is 5.61. The first-order valence-electron chi connectivity index (χ1n) is 8.58. The molecule has 0 atom stereocenters. The van der Waals surface area contributed by atoms with E-state index < -0.39 is 0 Å². The van der Waals surface area contributed by atoms with Crippen molar-refractivity contribution in [3.05, 3.63) is 73.3 Å². The van der Waals surface area contributed by atoms with Crippen LogP contribution in [-0.4, -0.2) is 41.0 Å². The van der Waals surface area contributed by atoms with Gasteiger partial charge in [-0.05, 0) is 30.7 Å². The van der Waals surface area contributed by atoms with Gasteiger partial charge in [0.1, 0.15) is 12.7 Å². The van der Waals surface area contributed by atoms with Gasteiger partial charge in [-0.1, -0.05) is 59.9 Å². The van der Waals surface area contributed by atoms with Gasteiger partial charge in [0.15, 0.2) is 0 Å². The summed E-state index contributed by atoms with van der Waals surface area (Å²) in [6, 6.07) is 20.0. The third-order valence-electron chi connectivity index (χ3n) is 3.73. The smallest absolute Gasteiger partial charge is 0.208 e. The number of rotatable bonds is 8. The van der Waals surface area contributed by atoms with Crippen molar-refractivity contribution in [2.24, 2.45) is 0 Å².